The summed E-state index contributed by atoms with van der Waals surface area (Å²) < 4.78 is 4.65. The Kier molecular flexibility index (Phi) is 6.02. The lowest BCUT2D eigenvalue weighted by molar-refractivity contribution is 0.661. The van der Waals surface area contributed by atoms with E-state index >= 15 is 0 Å². The number of aromatic nitrogens is 2. The van der Waals surface area contributed by atoms with Gasteiger partial charge in [-0.15, -0.1) is 0 Å². The van der Waals surface area contributed by atoms with Gasteiger partial charge in [0.05, 0.1) is 45.3 Å². The SMILES string of the molecule is CC1(C)c2ccccc2-c2cc3c4ccccc4n(-c4cccc(-c5cccc(-n6c7ccc(C#N)cc7c7cc(C#N)ccc76)c5)c4)c3cc21. The van der Waals surface area contributed by atoms with Crippen LogP contribution < -0.4 is 0 Å². The van der Waals surface area contributed by atoms with Crippen LogP contribution in [0.25, 0.3) is 77.2 Å². The van der Waals surface area contributed by atoms with Gasteiger partial charge < -0.3 is 9.13 Å². The van der Waals surface area contributed by atoms with Gasteiger partial charge >= 0.3 is 0 Å². The van der Waals surface area contributed by atoms with Crippen molar-refractivity contribution in [2.24, 2.45) is 0 Å². The van der Waals surface area contributed by atoms with Crippen LogP contribution in [0.2, 0.25) is 0 Å². The molecule has 10 rings (SSSR count). The van der Waals surface area contributed by atoms with E-state index in [9.17, 15) is 10.5 Å². The smallest absolute Gasteiger partial charge is 0.0991 e. The summed E-state index contributed by atoms with van der Waals surface area (Å²) >= 11 is 0. The van der Waals surface area contributed by atoms with E-state index in [1.165, 1.54) is 44.1 Å². The molecule has 238 valence electrons. The van der Waals surface area contributed by atoms with E-state index in [1.807, 2.05) is 36.4 Å². The van der Waals surface area contributed by atoms with Crippen molar-refractivity contribution in [2.45, 2.75) is 19.3 Å². The molecule has 0 saturated heterocycles. The van der Waals surface area contributed by atoms with Crippen LogP contribution in [0.1, 0.15) is 36.1 Å². The average molecular weight is 651 g/mol. The molecular weight excluding hydrogens is 621 g/mol. The summed E-state index contributed by atoms with van der Waals surface area (Å²) in [4.78, 5) is 0. The summed E-state index contributed by atoms with van der Waals surface area (Å²) in [5, 5.41) is 23.7. The van der Waals surface area contributed by atoms with E-state index in [2.05, 4.69) is 144 Å². The number of benzene rings is 7. The van der Waals surface area contributed by atoms with Gasteiger partial charge in [0.25, 0.3) is 0 Å². The molecule has 0 bridgehead atoms. The number of fused-ring (bicyclic) bond motifs is 9. The summed E-state index contributed by atoms with van der Waals surface area (Å²) in [6.45, 7) is 4.68. The van der Waals surface area contributed by atoms with Crippen LogP contribution in [0.15, 0.2) is 146 Å². The van der Waals surface area contributed by atoms with E-state index < -0.39 is 0 Å². The van der Waals surface area contributed by atoms with Crippen molar-refractivity contribution in [1.29, 1.82) is 10.5 Å². The Morgan fingerprint density at radius 1 is 0.431 bits per heavy atom. The minimum Gasteiger partial charge on any atom is -0.309 e. The monoisotopic (exact) mass is 650 g/mol. The molecule has 7 aromatic carbocycles. The topological polar surface area (TPSA) is 57.4 Å². The molecule has 1 aliphatic rings. The molecule has 0 saturated carbocycles. The highest BCUT2D eigenvalue weighted by Crippen LogP contribution is 2.51. The van der Waals surface area contributed by atoms with Gasteiger partial charge in [0, 0.05) is 38.3 Å². The first-order chi connectivity index (χ1) is 24.9. The quantitative estimate of drug-likeness (QED) is 0.191. The summed E-state index contributed by atoms with van der Waals surface area (Å²) in [5.41, 5.74) is 15.2. The number of hydrogen-bond acceptors (Lipinski definition) is 2. The Bertz CT molecular complexity index is 2960. The van der Waals surface area contributed by atoms with E-state index in [1.54, 1.807) is 0 Å². The second-order valence-electron chi connectivity index (χ2n) is 14.1. The van der Waals surface area contributed by atoms with Crippen molar-refractivity contribution in [1.82, 2.24) is 9.13 Å². The first-order valence-electron chi connectivity index (χ1n) is 17.2. The maximum Gasteiger partial charge on any atom is 0.0991 e. The van der Waals surface area contributed by atoms with E-state index in [4.69, 9.17) is 0 Å². The maximum atomic E-state index is 9.65. The lowest BCUT2D eigenvalue weighted by Gasteiger charge is -2.21. The highest BCUT2D eigenvalue weighted by Gasteiger charge is 2.36. The third-order valence-electron chi connectivity index (χ3n) is 10.9. The normalized spacial score (nSPS) is 13.0. The van der Waals surface area contributed by atoms with Crippen molar-refractivity contribution in [2.75, 3.05) is 0 Å². The van der Waals surface area contributed by atoms with Gasteiger partial charge in [0.2, 0.25) is 0 Å². The molecule has 0 N–H and O–H groups in total. The molecule has 2 aromatic heterocycles. The molecule has 0 atom stereocenters. The number of rotatable bonds is 3. The molecule has 0 amide bonds. The van der Waals surface area contributed by atoms with Crippen LogP contribution in [0, 0.1) is 22.7 Å². The van der Waals surface area contributed by atoms with Crippen LogP contribution >= 0.6 is 0 Å². The van der Waals surface area contributed by atoms with Crippen molar-refractivity contribution in [3.05, 3.63) is 168 Å². The molecule has 0 spiro atoms. The summed E-state index contributed by atoms with van der Waals surface area (Å²) in [5.74, 6) is 0. The summed E-state index contributed by atoms with van der Waals surface area (Å²) in [7, 11) is 0. The van der Waals surface area contributed by atoms with E-state index in [0.29, 0.717) is 11.1 Å². The molecule has 0 unspecified atom stereocenters. The van der Waals surface area contributed by atoms with Gasteiger partial charge in [-0.3, -0.25) is 0 Å². The number of para-hydroxylation sites is 1. The molecule has 4 heteroatoms. The van der Waals surface area contributed by atoms with Crippen molar-refractivity contribution in [3.63, 3.8) is 0 Å². The predicted molar refractivity (Wildman–Crippen MR) is 208 cm³/mol. The first-order valence-corrected chi connectivity index (χ1v) is 17.2. The molecule has 0 aliphatic heterocycles. The van der Waals surface area contributed by atoms with Gasteiger partial charge in [-0.2, -0.15) is 10.5 Å². The molecule has 2 heterocycles. The van der Waals surface area contributed by atoms with Gasteiger partial charge in [-0.1, -0.05) is 80.6 Å². The Labute approximate surface area is 295 Å². The zero-order valence-electron chi connectivity index (χ0n) is 28.1. The Morgan fingerprint density at radius 3 is 1.63 bits per heavy atom. The lowest BCUT2D eigenvalue weighted by Crippen LogP contribution is -2.14. The Morgan fingerprint density at radius 2 is 0.980 bits per heavy atom. The molecule has 51 heavy (non-hydrogen) atoms. The van der Waals surface area contributed by atoms with Gasteiger partial charge in [-0.25, -0.2) is 0 Å². The molecule has 4 nitrogen and oxygen atoms in total. The van der Waals surface area contributed by atoms with E-state index in [-0.39, 0.29) is 5.41 Å². The van der Waals surface area contributed by atoms with Gasteiger partial charge in [0.15, 0.2) is 0 Å². The number of nitriles is 2. The molecular formula is C47H30N4. The average Bonchev–Trinajstić information content (AvgIpc) is 3.76. The van der Waals surface area contributed by atoms with E-state index in [0.717, 1.165) is 44.3 Å². The minimum atomic E-state index is -0.0944. The van der Waals surface area contributed by atoms with Crippen molar-refractivity contribution >= 4 is 43.6 Å². The summed E-state index contributed by atoms with van der Waals surface area (Å²) in [6, 6.07) is 56.0. The highest BCUT2D eigenvalue weighted by atomic mass is 15.0. The minimum absolute atomic E-state index is 0.0944. The lowest BCUT2D eigenvalue weighted by atomic mass is 9.82. The summed E-state index contributed by atoms with van der Waals surface area (Å²) in [6.07, 6.45) is 0. The predicted octanol–water partition coefficient (Wildman–Crippen LogP) is 11.6. The third-order valence-corrected chi connectivity index (χ3v) is 10.9. The Balaban J connectivity index is 1.15. The molecule has 9 aromatic rings. The molecule has 0 fully saturated rings. The van der Waals surface area contributed by atoms with Crippen LogP contribution in [-0.2, 0) is 5.41 Å². The number of hydrogen-bond donors (Lipinski definition) is 0. The van der Waals surface area contributed by atoms with Crippen LogP contribution in [-0.4, -0.2) is 9.13 Å². The fourth-order valence-corrected chi connectivity index (χ4v) is 8.53. The zero-order chi connectivity index (χ0) is 34.4. The van der Waals surface area contributed by atoms with Crippen LogP contribution in [0.4, 0.5) is 0 Å². The van der Waals surface area contributed by atoms with Crippen LogP contribution in [0.5, 0.6) is 0 Å². The van der Waals surface area contributed by atoms with Crippen molar-refractivity contribution < 1.29 is 0 Å². The Hall–Kier alpha value is -6.88. The molecule has 1 aliphatic carbocycles. The van der Waals surface area contributed by atoms with Gasteiger partial charge in [-0.05, 0) is 112 Å². The second kappa shape index (κ2) is 10.6. The van der Waals surface area contributed by atoms with Crippen LogP contribution in [0.3, 0.4) is 0 Å². The second-order valence-corrected chi connectivity index (χ2v) is 14.1. The largest absolute Gasteiger partial charge is 0.309 e. The maximum absolute atomic E-state index is 9.65. The van der Waals surface area contributed by atoms with Gasteiger partial charge in [0.1, 0.15) is 0 Å². The standard InChI is InChI=1S/C47H30N4/c1-47(2)41-15-5-3-13-35(41)37-25-40-36-14-4-6-16-43(36)51(46(40)26-42(37)47)34-12-8-10-32(24-34)31-9-7-11-33(23-31)50-44-19-17-29(27-48)21-38(44)39-22-30(28-49)18-20-45(39)50/h3-26H,1-2H3. The fourth-order valence-electron chi connectivity index (χ4n) is 8.53. The fraction of sp³-hybridized carbons (Fsp3) is 0.0638. The zero-order valence-corrected chi connectivity index (χ0v) is 28.1. The number of nitrogens with zero attached hydrogens (tertiary/aromatic N) is 4. The first kappa shape index (κ1) is 29.1. The molecule has 0 radical (unpaired) electrons. The highest BCUT2D eigenvalue weighted by molar-refractivity contribution is 6.12. The third kappa shape index (κ3) is 4.11. The van der Waals surface area contributed by atoms with Crippen molar-refractivity contribution in [3.8, 4) is 45.8 Å².